The van der Waals surface area contributed by atoms with E-state index in [0.717, 1.165) is 28.7 Å². The maximum absolute atomic E-state index is 11.9. The van der Waals surface area contributed by atoms with Crippen LogP contribution in [0.5, 0.6) is 0 Å². The van der Waals surface area contributed by atoms with Crippen LogP contribution >= 0.6 is 0 Å². The van der Waals surface area contributed by atoms with Gasteiger partial charge in [-0.25, -0.2) is 0 Å². The fourth-order valence-corrected chi connectivity index (χ4v) is 2.46. The third kappa shape index (κ3) is 4.72. The predicted octanol–water partition coefficient (Wildman–Crippen LogP) is 3.47. The number of aryl methyl sites for hydroxylation is 1. The van der Waals surface area contributed by atoms with Crippen LogP contribution in [0.1, 0.15) is 38.0 Å². The van der Waals surface area contributed by atoms with Gasteiger partial charge in [0, 0.05) is 36.4 Å². The van der Waals surface area contributed by atoms with Gasteiger partial charge in [0.25, 0.3) is 0 Å². The number of benzene rings is 1. The molecule has 0 unspecified atom stereocenters. The summed E-state index contributed by atoms with van der Waals surface area (Å²) in [6, 6.07) is 7.77. The van der Waals surface area contributed by atoms with Gasteiger partial charge in [0.15, 0.2) is 0 Å². The summed E-state index contributed by atoms with van der Waals surface area (Å²) in [5.74, 6) is 0.438. The number of amides is 1. The van der Waals surface area contributed by atoms with Crippen molar-refractivity contribution in [2.75, 3.05) is 13.2 Å². The van der Waals surface area contributed by atoms with Crippen molar-refractivity contribution in [2.24, 2.45) is 0 Å². The molecule has 128 valence electrons. The van der Waals surface area contributed by atoms with Crippen LogP contribution in [0.2, 0.25) is 0 Å². The molecule has 1 aromatic carbocycles. The minimum absolute atomic E-state index is 0.189. The fourth-order valence-electron chi connectivity index (χ4n) is 2.46. The summed E-state index contributed by atoms with van der Waals surface area (Å²) in [5, 5.41) is 3.76. The molecule has 1 amide bonds. The van der Waals surface area contributed by atoms with Crippen molar-refractivity contribution in [3.63, 3.8) is 0 Å². The first-order chi connectivity index (χ1) is 11.7. The van der Waals surface area contributed by atoms with E-state index in [2.05, 4.69) is 5.32 Å². The first kappa shape index (κ1) is 17.8. The molecule has 1 aromatic heterocycles. The quantitative estimate of drug-likeness (QED) is 0.457. The molecule has 0 aliphatic heterocycles. The molecule has 24 heavy (non-hydrogen) atoms. The first-order valence-corrected chi connectivity index (χ1v) is 8.27. The molecule has 0 fully saturated rings. The van der Waals surface area contributed by atoms with E-state index >= 15 is 0 Å². The molecule has 0 saturated heterocycles. The molecule has 0 aliphatic carbocycles. The molecule has 1 N–H and O–H groups in total. The van der Waals surface area contributed by atoms with Crippen molar-refractivity contribution in [3.8, 4) is 0 Å². The van der Waals surface area contributed by atoms with Crippen molar-refractivity contribution >= 4 is 28.9 Å². The number of nitrogens with one attached hydrogen (secondary N) is 1. The van der Waals surface area contributed by atoms with Gasteiger partial charge in [-0.15, -0.1) is 0 Å². The molecule has 0 spiro atoms. The molecule has 1 heterocycles. The van der Waals surface area contributed by atoms with E-state index in [1.54, 1.807) is 13.0 Å². The molecular weight excluding hydrogens is 306 g/mol. The highest BCUT2D eigenvalue weighted by molar-refractivity contribution is 5.96. The second kappa shape index (κ2) is 8.91. The molecule has 2 aromatic rings. The van der Waals surface area contributed by atoms with Gasteiger partial charge in [0.2, 0.25) is 5.91 Å². The van der Waals surface area contributed by atoms with Crippen molar-refractivity contribution in [2.45, 2.75) is 33.1 Å². The summed E-state index contributed by atoms with van der Waals surface area (Å²) in [4.78, 5) is 23.1. The Morgan fingerprint density at radius 3 is 2.79 bits per heavy atom. The second-order valence-electron chi connectivity index (χ2n) is 5.32. The van der Waals surface area contributed by atoms with Crippen LogP contribution in [0, 0.1) is 0 Å². The van der Waals surface area contributed by atoms with Crippen LogP contribution < -0.4 is 5.32 Å². The molecule has 0 radical (unpaired) electrons. The van der Waals surface area contributed by atoms with Gasteiger partial charge in [-0.1, -0.05) is 25.1 Å². The van der Waals surface area contributed by atoms with Crippen LogP contribution in [0.25, 0.3) is 17.0 Å². The number of hydrogen-bond acceptors (Lipinski definition) is 4. The first-order valence-electron chi connectivity index (χ1n) is 8.27. The monoisotopic (exact) mass is 329 g/mol. The number of hydrogen-bond donors (Lipinski definition) is 1. The van der Waals surface area contributed by atoms with E-state index in [9.17, 15) is 9.59 Å². The zero-order valence-corrected chi connectivity index (χ0v) is 14.1. The van der Waals surface area contributed by atoms with Crippen LogP contribution in [0.4, 0.5) is 0 Å². The van der Waals surface area contributed by atoms with E-state index in [1.165, 1.54) is 6.08 Å². The van der Waals surface area contributed by atoms with Crippen molar-refractivity contribution in [1.82, 2.24) is 5.32 Å². The number of carbonyl (C=O) groups is 2. The van der Waals surface area contributed by atoms with Gasteiger partial charge in [-0.2, -0.15) is 0 Å². The van der Waals surface area contributed by atoms with Crippen molar-refractivity contribution in [1.29, 1.82) is 0 Å². The van der Waals surface area contributed by atoms with E-state index < -0.39 is 0 Å². The highest BCUT2D eigenvalue weighted by Gasteiger charge is 2.10. The fraction of sp³-hybridized carbons (Fsp3) is 0.368. The summed E-state index contributed by atoms with van der Waals surface area (Å²) in [6.45, 7) is 4.61. The summed E-state index contributed by atoms with van der Waals surface area (Å²) < 4.78 is 10.6. The van der Waals surface area contributed by atoms with Crippen LogP contribution in [-0.4, -0.2) is 25.0 Å². The third-order valence-electron chi connectivity index (χ3n) is 3.60. The lowest BCUT2D eigenvalue weighted by Gasteiger charge is -2.02. The number of rotatable bonds is 8. The number of para-hydroxylation sites is 1. The molecular formula is C19H23NO4. The van der Waals surface area contributed by atoms with E-state index in [4.69, 9.17) is 9.15 Å². The van der Waals surface area contributed by atoms with Gasteiger partial charge < -0.3 is 14.5 Å². The lowest BCUT2D eigenvalue weighted by molar-refractivity contribution is -0.143. The Balaban J connectivity index is 1.91. The number of fused-ring (bicyclic) bond motifs is 1. The summed E-state index contributed by atoms with van der Waals surface area (Å²) in [6.07, 6.45) is 4.92. The summed E-state index contributed by atoms with van der Waals surface area (Å²) in [7, 11) is 0. The molecule has 0 bridgehead atoms. The SMILES string of the molecule is CCOC(=O)CCCNC(=O)/C=C/c1c(CC)oc2ccccc12. The summed E-state index contributed by atoms with van der Waals surface area (Å²) in [5.41, 5.74) is 1.76. The Kier molecular flexibility index (Phi) is 6.61. The van der Waals surface area contributed by atoms with Crippen LogP contribution in [0.15, 0.2) is 34.8 Å². The van der Waals surface area contributed by atoms with Crippen LogP contribution in [-0.2, 0) is 20.7 Å². The normalized spacial score (nSPS) is 11.1. The number of carbonyl (C=O) groups excluding carboxylic acids is 2. The Bertz CT molecular complexity index is 730. The van der Waals surface area contributed by atoms with Gasteiger partial charge in [0.1, 0.15) is 11.3 Å². The van der Waals surface area contributed by atoms with Gasteiger partial charge in [0.05, 0.1) is 6.61 Å². The van der Waals surface area contributed by atoms with Gasteiger partial charge >= 0.3 is 5.97 Å². The minimum Gasteiger partial charge on any atom is -0.466 e. The maximum Gasteiger partial charge on any atom is 0.305 e. The van der Waals surface area contributed by atoms with Gasteiger partial charge in [-0.3, -0.25) is 9.59 Å². The Morgan fingerprint density at radius 2 is 2.04 bits per heavy atom. The molecule has 5 nitrogen and oxygen atoms in total. The maximum atomic E-state index is 11.9. The molecule has 2 rings (SSSR count). The molecule has 0 saturated carbocycles. The van der Waals surface area contributed by atoms with E-state index in [0.29, 0.717) is 26.0 Å². The standard InChI is InChI=1S/C19H23NO4/c1-3-16-15(14-8-5-6-9-17(14)24-16)11-12-18(21)20-13-7-10-19(22)23-4-2/h5-6,8-9,11-12H,3-4,7,10,13H2,1-2H3,(H,20,21)/b12-11+. The Morgan fingerprint density at radius 1 is 1.25 bits per heavy atom. The van der Waals surface area contributed by atoms with E-state index in [1.807, 2.05) is 31.2 Å². The van der Waals surface area contributed by atoms with Crippen molar-refractivity contribution < 1.29 is 18.7 Å². The van der Waals surface area contributed by atoms with Crippen molar-refractivity contribution in [3.05, 3.63) is 41.7 Å². The highest BCUT2D eigenvalue weighted by atomic mass is 16.5. The van der Waals surface area contributed by atoms with Crippen LogP contribution in [0.3, 0.4) is 0 Å². The largest absolute Gasteiger partial charge is 0.466 e. The molecule has 0 atom stereocenters. The predicted molar refractivity (Wildman–Crippen MR) is 93.5 cm³/mol. The molecule has 5 heteroatoms. The number of esters is 1. The third-order valence-corrected chi connectivity index (χ3v) is 3.60. The number of furan rings is 1. The smallest absolute Gasteiger partial charge is 0.305 e. The van der Waals surface area contributed by atoms with E-state index in [-0.39, 0.29) is 11.9 Å². The minimum atomic E-state index is -0.236. The Hall–Kier alpha value is -2.56. The second-order valence-corrected chi connectivity index (χ2v) is 5.32. The summed E-state index contributed by atoms with van der Waals surface area (Å²) >= 11 is 0. The topological polar surface area (TPSA) is 68.5 Å². The zero-order chi connectivity index (χ0) is 17.4. The number of ether oxygens (including phenoxy) is 1. The van der Waals surface area contributed by atoms with Gasteiger partial charge in [-0.05, 0) is 25.5 Å². The Labute approximate surface area is 141 Å². The average molecular weight is 329 g/mol. The zero-order valence-electron chi connectivity index (χ0n) is 14.1. The lowest BCUT2D eigenvalue weighted by Crippen LogP contribution is -2.22. The average Bonchev–Trinajstić information content (AvgIpc) is 2.95. The highest BCUT2D eigenvalue weighted by Crippen LogP contribution is 2.27. The molecule has 0 aliphatic rings. The lowest BCUT2D eigenvalue weighted by atomic mass is 10.1.